The Kier molecular flexibility index (Phi) is 4.34. The highest BCUT2D eigenvalue weighted by Crippen LogP contribution is 2.39. The molecule has 25 heavy (non-hydrogen) atoms. The van der Waals surface area contributed by atoms with E-state index in [4.69, 9.17) is 9.31 Å². The molecule has 2 aliphatic heterocycles. The maximum atomic E-state index is 14.5. The van der Waals surface area contributed by atoms with Gasteiger partial charge in [-0.05, 0) is 33.8 Å². The molecule has 0 amide bonds. The number of aromatic nitrogens is 3. The molecule has 3 heterocycles. The SMILES string of the molecule is CC1(C)OB(C(F)=Cc2cn(C3CN(S(C)(=O)=O)C3)nn2)OC1(C)C. The van der Waals surface area contributed by atoms with Crippen LogP contribution in [0.25, 0.3) is 6.08 Å². The zero-order chi connectivity index (χ0) is 18.6. The molecule has 0 saturated carbocycles. The summed E-state index contributed by atoms with van der Waals surface area (Å²) in [5.74, 6) is 0. The number of halogens is 1. The molecule has 0 N–H and O–H groups in total. The summed E-state index contributed by atoms with van der Waals surface area (Å²) in [6.07, 6.45) is 3.96. The normalized spacial score (nSPS) is 24.6. The standard InChI is InChI=1S/C14H22BFN4O4S/c1-13(2)14(3,4)24-15(23-13)12(16)6-10-7-20(18-17-10)11-8-19(9-11)25(5,21)22/h6-7,11H,8-9H2,1-5H3. The van der Waals surface area contributed by atoms with Crippen molar-refractivity contribution in [3.63, 3.8) is 0 Å². The van der Waals surface area contributed by atoms with Gasteiger partial charge in [-0.2, -0.15) is 4.31 Å². The van der Waals surface area contributed by atoms with E-state index >= 15 is 0 Å². The second-order valence-corrected chi connectivity index (χ2v) is 9.46. The first kappa shape index (κ1) is 18.5. The Hall–Kier alpha value is -1.30. The van der Waals surface area contributed by atoms with Crippen LogP contribution in [0.4, 0.5) is 4.39 Å². The number of nitrogens with zero attached hydrogens (tertiary/aromatic N) is 4. The van der Waals surface area contributed by atoms with Crippen molar-refractivity contribution in [2.75, 3.05) is 19.3 Å². The van der Waals surface area contributed by atoms with Gasteiger partial charge >= 0.3 is 7.12 Å². The van der Waals surface area contributed by atoms with Gasteiger partial charge in [0.2, 0.25) is 10.0 Å². The fourth-order valence-corrected chi connectivity index (χ4v) is 3.44. The summed E-state index contributed by atoms with van der Waals surface area (Å²) < 4.78 is 51.4. The van der Waals surface area contributed by atoms with Crippen LogP contribution in [-0.2, 0) is 19.3 Å². The Morgan fingerprint density at radius 2 is 1.88 bits per heavy atom. The van der Waals surface area contributed by atoms with Crippen molar-refractivity contribution < 1.29 is 22.1 Å². The van der Waals surface area contributed by atoms with Gasteiger partial charge in [0, 0.05) is 13.1 Å². The van der Waals surface area contributed by atoms with E-state index in [0.717, 1.165) is 0 Å². The molecule has 0 aliphatic carbocycles. The number of sulfonamides is 1. The van der Waals surface area contributed by atoms with Gasteiger partial charge in [-0.1, -0.05) is 5.21 Å². The molecular weight excluding hydrogens is 350 g/mol. The van der Waals surface area contributed by atoms with Crippen LogP contribution in [0.15, 0.2) is 11.9 Å². The van der Waals surface area contributed by atoms with Gasteiger partial charge in [-0.3, -0.25) is 0 Å². The van der Waals surface area contributed by atoms with E-state index in [1.54, 1.807) is 10.9 Å². The molecule has 2 fully saturated rings. The Labute approximate surface area is 147 Å². The predicted octanol–water partition coefficient (Wildman–Crippen LogP) is 1.04. The van der Waals surface area contributed by atoms with Gasteiger partial charge in [0.15, 0.2) is 0 Å². The molecule has 0 radical (unpaired) electrons. The second-order valence-electron chi connectivity index (χ2n) is 7.47. The van der Waals surface area contributed by atoms with Crippen LogP contribution in [-0.4, -0.2) is 65.4 Å². The van der Waals surface area contributed by atoms with Crippen LogP contribution >= 0.6 is 0 Å². The topological polar surface area (TPSA) is 86.6 Å². The van der Waals surface area contributed by atoms with Crippen molar-refractivity contribution in [2.24, 2.45) is 0 Å². The maximum absolute atomic E-state index is 14.5. The van der Waals surface area contributed by atoms with Crippen LogP contribution in [0, 0.1) is 0 Å². The Bertz CT molecular complexity index is 786. The molecule has 0 atom stereocenters. The van der Waals surface area contributed by atoms with Crippen LogP contribution in [0.5, 0.6) is 0 Å². The highest BCUT2D eigenvalue weighted by molar-refractivity contribution is 7.88. The second kappa shape index (κ2) is 5.87. The van der Waals surface area contributed by atoms with Gasteiger partial charge in [0.1, 0.15) is 11.4 Å². The lowest BCUT2D eigenvalue weighted by Gasteiger charge is -2.36. The minimum atomic E-state index is -3.19. The van der Waals surface area contributed by atoms with Crippen LogP contribution < -0.4 is 0 Å². The maximum Gasteiger partial charge on any atom is 0.525 e. The van der Waals surface area contributed by atoms with E-state index in [1.807, 2.05) is 27.7 Å². The summed E-state index contributed by atoms with van der Waals surface area (Å²) in [7, 11) is -4.27. The van der Waals surface area contributed by atoms with Crippen molar-refractivity contribution in [1.82, 2.24) is 19.3 Å². The van der Waals surface area contributed by atoms with Gasteiger partial charge in [-0.25, -0.2) is 17.5 Å². The number of rotatable bonds is 4. The molecule has 138 valence electrons. The number of hydrogen-bond acceptors (Lipinski definition) is 6. The molecule has 3 rings (SSSR count). The average Bonchev–Trinajstić information content (AvgIpc) is 2.89. The molecular formula is C14H22BFN4O4S. The fourth-order valence-electron chi connectivity index (χ4n) is 2.55. The Balaban J connectivity index is 1.67. The molecule has 1 aromatic heterocycles. The third-order valence-corrected chi connectivity index (χ3v) is 6.20. The highest BCUT2D eigenvalue weighted by atomic mass is 32.2. The van der Waals surface area contributed by atoms with Crippen LogP contribution in [0.1, 0.15) is 39.4 Å². The van der Waals surface area contributed by atoms with E-state index < -0.39 is 34.1 Å². The summed E-state index contributed by atoms with van der Waals surface area (Å²) in [5.41, 5.74) is -1.51. The average molecular weight is 372 g/mol. The largest absolute Gasteiger partial charge is 0.525 e. The minimum Gasteiger partial charge on any atom is -0.398 e. The lowest BCUT2D eigenvalue weighted by Crippen LogP contribution is -2.50. The van der Waals surface area contributed by atoms with E-state index in [1.165, 1.54) is 16.6 Å². The van der Waals surface area contributed by atoms with E-state index in [-0.39, 0.29) is 6.04 Å². The predicted molar refractivity (Wildman–Crippen MR) is 90.6 cm³/mol. The minimum absolute atomic E-state index is 0.0933. The van der Waals surface area contributed by atoms with Crippen LogP contribution in [0.2, 0.25) is 0 Å². The lowest BCUT2D eigenvalue weighted by atomic mass is 9.87. The smallest absolute Gasteiger partial charge is 0.398 e. The van der Waals surface area contributed by atoms with Crippen molar-refractivity contribution in [3.8, 4) is 0 Å². The summed E-state index contributed by atoms with van der Waals surface area (Å²) in [4.78, 5) is 0. The molecule has 2 saturated heterocycles. The summed E-state index contributed by atoms with van der Waals surface area (Å²) in [6, 6.07) is -0.0933. The van der Waals surface area contributed by atoms with E-state index in [9.17, 15) is 12.8 Å². The molecule has 0 bridgehead atoms. The van der Waals surface area contributed by atoms with Gasteiger partial charge < -0.3 is 9.31 Å². The molecule has 8 nitrogen and oxygen atoms in total. The molecule has 0 aromatic carbocycles. The van der Waals surface area contributed by atoms with E-state index in [2.05, 4.69) is 10.3 Å². The third-order valence-electron chi connectivity index (χ3n) is 4.96. The van der Waals surface area contributed by atoms with Crippen molar-refractivity contribution in [1.29, 1.82) is 0 Å². The molecule has 0 unspecified atom stereocenters. The van der Waals surface area contributed by atoms with Gasteiger partial charge in [0.25, 0.3) is 0 Å². The van der Waals surface area contributed by atoms with Crippen LogP contribution in [0.3, 0.4) is 0 Å². The lowest BCUT2D eigenvalue weighted by molar-refractivity contribution is 0.00578. The van der Waals surface area contributed by atoms with E-state index in [0.29, 0.717) is 18.8 Å². The van der Waals surface area contributed by atoms with Gasteiger partial charge in [-0.15, -0.1) is 5.10 Å². The van der Waals surface area contributed by atoms with Crippen molar-refractivity contribution in [3.05, 3.63) is 17.6 Å². The molecule has 11 heteroatoms. The summed E-state index contributed by atoms with van der Waals surface area (Å²) in [6.45, 7) is 8.07. The molecule has 2 aliphatic rings. The zero-order valence-corrected chi connectivity index (χ0v) is 15.7. The first-order chi connectivity index (χ1) is 11.4. The monoisotopic (exact) mass is 372 g/mol. The summed E-state index contributed by atoms with van der Waals surface area (Å²) >= 11 is 0. The van der Waals surface area contributed by atoms with Gasteiger partial charge in [0.05, 0.1) is 29.7 Å². The first-order valence-electron chi connectivity index (χ1n) is 7.99. The fraction of sp³-hybridized carbons (Fsp3) is 0.714. The molecule has 1 aromatic rings. The first-order valence-corrected chi connectivity index (χ1v) is 9.83. The Morgan fingerprint density at radius 1 is 1.32 bits per heavy atom. The zero-order valence-electron chi connectivity index (χ0n) is 14.9. The third kappa shape index (κ3) is 3.50. The quantitative estimate of drug-likeness (QED) is 0.734. The highest BCUT2D eigenvalue weighted by Gasteiger charge is 2.53. The Morgan fingerprint density at radius 3 is 2.40 bits per heavy atom. The number of hydrogen-bond donors (Lipinski definition) is 0. The summed E-state index contributed by atoms with van der Waals surface area (Å²) in [5, 5.41) is 7.85. The van der Waals surface area contributed by atoms with Crippen molar-refractivity contribution >= 4 is 23.2 Å². The molecule has 0 spiro atoms. The van der Waals surface area contributed by atoms with Crippen molar-refractivity contribution in [2.45, 2.75) is 44.9 Å².